The van der Waals surface area contributed by atoms with Crippen LogP contribution in [0, 0.1) is 11.3 Å². The van der Waals surface area contributed by atoms with Gasteiger partial charge in [-0.2, -0.15) is 0 Å². The molecule has 2 atom stereocenters. The molecule has 12 heteroatoms. The molecule has 0 heterocycles. The van der Waals surface area contributed by atoms with Gasteiger partial charge in [0.2, 0.25) is 23.6 Å². The molecule has 218 valence electrons. The van der Waals surface area contributed by atoms with Crippen LogP contribution in [-0.4, -0.2) is 59.3 Å². The van der Waals surface area contributed by atoms with Crippen LogP contribution < -0.4 is 26.6 Å². The number of amides is 5. The van der Waals surface area contributed by atoms with Crippen LogP contribution in [-0.2, 0) is 30.5 Å². The Morgan fingerprint density at radius 3 is 2.13 bits per heavy atom. The Labute approximate surface area is 244 Å². The average molecular weight is 660 g/mol. The topological polar surface area (TPSA) is 155 Å². The molecule has 5 N–H and O–H groups in total. The Bertz CT molecular complexity index is 983. The molecule has 0 radical (unpaired) electrons. The standard InChI is InChI=1S/C27H42IN5O6/c1-7-27(5,6)16-30-26(38)39-15-19-8-10-20(11-9-19)32-24(36)18(4)31-25(37)23(17(2)3)33-21(34)12-13-29-22(35)14-28/h8-11,17-18,23H,7,12-16H2,1-6H3,(H,29,35)(H,30,38)(H,31,37)(H,32,36)(H,33,34)/t18-,23-/m0/s1. The molecule has 0 saturated carbocycles. The molecule has 0 unspecified atom stereocenters. The van der Waals surface area contributed by atoms with Gasteiger partial charge in [0.15, 0.2) is 0 Å². The summed E-state index contributed by atoms with van der Waals surface area (Å²) in [6, 6.07) is 5.12. The van der Waals surface area contributed by atoms with Crippen molar-refractivity contribution in [3.63, 3.8) is 0 Å². The van der Waals surface area contributed by atoms with E-state index in [2.05, 4.69) is 47.4 Å². The largest absolute Gasteiger partial charge is 0.445 e. The summed E-state index contributed by atoms with van der Waals surface area (Å²) in [6.45, 7) is 12.1. The summed E-state index contributed by atoms with van der Waals surface area (Å²) in [6.07, 6.45) is 0.480. The van der Waals surface area contributed by atoms with Crippen LogP contribution in [0.25, 0.3) is 0 Å². The van der Waals surface area contributed by atoms with Crippen LogP contribution >= 0.6 is 22.6 Å². The molecular formula is C27H42IN5O6. The predicted molar refractivity (Wildman–Crippen MR) is 158 cm³/mol. The van der Waals surface area contributed by atoms with Crippen LogP contribution in [0.5, 0.6) is 0 Å². The van der Waals surface area contributed by atoms with Crippen LogP contribution in [0.3, 0.4) is 0 Å². The highest BCUT2D eigenvalue weighted by molar-refractivity contribution is 14.1. The number of benzene rings is 1. The quantitative estimate of drug-likeness (QED) is 0.144. The third kappa shape index (κ3) is 13.6. The maximum Gasteiger partial charge on any atom is 0.407 e. The van der Waals surface area contributed by atoms with E-state index in [0.29, 0.717) is 16.7 Å². The number of nitrogens with one attached hydrogen (secondary N) is 5. The first-order valence-electron chi connectivity index (χ1n) is 13.0. The van der Waals surface area contributed by atoms with Crippen molar-refractivity contribution in [2.75, 3.05) is 22.8 Å². The minimum absolute atomic E-state index is 0.00674. The van der Waals surface area contributed by atoms with E-state index in [0.717, 1.165) is 12.0 Å². The number of rotatable bonds is 15. The Kier molecular flexibility index (Phi) is 14.8. The van der Waals surface area contributed by atoms with Gasteiger partial charge in [-0.15, -0.1) is 0 Å². The van der Waals surface area contributed by atoms with E-state index >= 15 is 0 Å². The molecule has 1 rings (SSSR count). The number of alkyl carbamates (subject to hydrolysis) is 1. The van der Waals surface area contributed by atoms with Crippen LogP contribution in [0.4, 0.5) is 10.5 Å². The summed E-state index contributed by atoms with van der Waals surface area (Å²) >= 11 is 1.93. The van der Waals surface area contributed by atoms with Gasteiger partial charge in [-0.1, -0.05) is 69.3 Å². The molecule has 0 aromatic heterocycles. The molecule has 1 aromatic rings. The van der Waals surface area contributed by atoms with Gasteiger partial charge >= 0.3 is 6.09 Å². The zero-order chi connectivity index (χ0) is 29.6. The van der Waals surface area contributed by atoms with E-state index in [1.165, 1.54) is 0 Å². The number of ether oxygens (including phenoxy) is 1. The number of carbonyl (C=O) groups is 5. The second-order valence-corrected chi connectivity index (χ2v) is 11.1. The van der Waals surface area contributed by atoms with Gasteiger partial charge in [-0.3, -0.25) is 19.2 Å². The van der Waals surface area contributed by atoms with Crippen molar-refractivity contribution in [3.8, 4) is 0 Å². The molecule has 39 heavy (non-hydrogen) atoms. The number of carbonyl (C=O) groups excluding carboxylic acids is 5. The van der Waals surface area contributed by atoms with Crippen molar-refractivity contribution < 1.29 is 28.7 Å². The average Bonchev–Trinajstić information content (AvgIpc) is 2.89. The van der Waals surface area contributed by atoms with Gasteiger partial charge in [0.05, 0.1) is 4.43 Å². The molecule has 0 saturated heterocycles. The lowest BCUT2D eigenvalue weighted by Gasteiger charge is -2.24. The number of hydrogen-bond acceptors (Lipinski definition) is 6. The lowest BCUT2D eigenvalue weighted by molar-refractivity contribution is -0.131. The minimum atomic E-state index is -0.863. The zero-order valence-electron chi connectivity index (χ0n) is 23.6. The minimum Gasteiger partial charge on any atom is -0.445 e. The van der Waals surface area contributed by atoms with E-state index in [4.69, 9.17) is 4.74 Å². The van der Waals surface area contributed by atoms with Gasteiger partial charge in [0.1, 0.15) is 18.7 Å². The SMILES string of the molecule is CCC(C)(C)CNC(=O)OCc1ccc(NC(=O)[C@H](C)NC(=O)[C@@H](NC(=O)CCNC(=O)CI)C(C)C)cc1. The molecule has 0 spiro atoms. The van der Waals surface area contributed by atoms with Gasteiger partial charge in [-0.25, -0.2) is 4.79 Å². The van der Waals surface area contributed by atoms with E-state index in [1.54, 1.807) is 45.0 Å². The molecule has 0 aliphatic rings. The third-order valence-corrected chi connectivity index (χ3v) is 6.77. The fraction of sp³-hybridized carbons (Fsp3) is 0.593. The van der Waals surface area contributed by atoms with Crippen molar-refractivity contribution in [3.05, 3.63) is 29.8 Å². The van der Waals surface area contributed by atoms with Crippen molar-refractivity contribution in [2.24, 2.45) is 11.3 Å². The maximum absolute atomic E-state index is 12.8. The highest BCUT2D eigenvalue weighted by Gasteiger charge is 2.27. The monoisotopic (exact) mass is 659 g/mol. The van der Waals surface area contributed by atoms with Crippen LogP contribution in [0.1, 0.15) is 59.9 Å². The maximum atomic E-state index is 12.8. The molecule has 0 fully saturated rings. The lowest BCUT2D eigenvalue weighted by Crippen LogP contribution is -2.54. The van der Waals surface area contributed by atoms with Crippen molar-refractivity contribution in [2.45, 2.75) is 73.1 Å². The summed E-state index contributed by atoms with van der Waals surface area (Å²) in [4.78, 5) is 60.9. The summed E-state index contributed by atoms with van der Waals surface area (Å²) in [5.74, 6) is -1.67. The smallest absolute Gasteiger partial charge is 0.407 e. The van der Waals surface area contributed by atoms with Crippen LogP contribution in [0.15, 0.2) is 24.3 Å². The normalized spacial score (nSPS) is 12.6. The number of anilines is 1. The summed E-state index contributed by atoms with van der Waals surface area (Å²) in [5.41, 5.74) is 1.26. The molecule has 5 amide bonds. The summed E-state index contributed by atoms with van der Waals surface area (Å²) in [5, 5.41) is 13.4. The summed E-state index contributed by atoms with van der Waals surface area (Å²) < 4.78 is 5.54. The first-order chi connectivity index (χ1) is 18.3. The lowest BCUT2D eigenvalue weighted by atomic mass is 9.90. The fourth-order valence-corrected chi connectivity index (χ4v) is 3.35. The second-order valence-electron chi connectivity index (χ2n) is 10.4. The highest BCUT2D eigenvalue weighted by atomic mass is 127. The van der Waals surface area contributed by atoms with Crippen molar-refractivity contribution in [1.82, 2.24) is 21.3 Å². The molecule has 1 aromatic carbocycles. The van der Waals surface area contributed by atoms with E-state index < -0.39 is 30.0 Å². The summed E-state index contributed by atoms with van der Waals surface area (Å²) in [7, 11) is 0. The Morgan fingerprint density at radius 2 is 1.56 bits per heavy atom. The van der Waals surface area contributed by atoms with Crippen molar-refractivity contribution in [1.29, 1.82) is 0 Å². The Balaban J connectivity index is 2.54. The first-order valence-corrected chi connectivity index (χ1v) is 14.5. The predicted octanol–water partition coefficient (Wildman–Crippen LogP) is 2.87. The molecule has 0 aliphatic carbocycles. The molecule has 0 aliphatic heterocycles. The van der Waals surface area contributed by atoms with Gasteiger partial charge in [0.25, 0.3) is 0 Å². The number of hydrogen-bond donors (Lipinski definition) is 5. The molecule has 11 nitrogen and oxygen atoms in total. The van der Waals surface area contributed by atoms with Crippen LogP contribution in [0.2, 0.25) is 0 Å². The Hall–Kier alpha value is -2.90. The fourth-order valence-electron chi connectivity index (χ4n) is 3.08. The second kappa shape index (κ2) is 16.9. The molecular weight excluding hydrogens is 617 g/mol. The third-order valence-electron chi connectivity index (χ3n) is 6.07. The van der Waals surface area contributed by atoms with Gasteiger partial charge < -0.3 is 31.3 Å². The zero-order valence-corrected chi connectivity index (χ0v) is 25.8. The Morgan fingerprint density at radius 1 is 0.923 bits per heavy atom. The van der Waals surface area contributed by atoms with E-state index in [1.807, 2.05) is 22.6 Å². The van der Waals surface area contributed by atoms with Crippen molar-refractivity contribution >= 4 is 58.0 Å². The van der Waals surface area contributed by atoms with Gasteiger partial charge in [-0.05, 0) is 42.4 Å². The highest BCUT2D eigenvalue weighted by Crippen LogP contribution is 2.18. The van der Waals surface area contributed by atoms with E-state index in [-0.39, 0.29) is 42.7 Å². The first kappa shape index (κ1) is 34.1. The van der Waals surface area contributed by atoms with E-state index in [9.17, 15) is 24.0 Å². The number of halogens is 1. The number of alkyl halides is 1. The van der Waals surface area contributed by atoms with Gasteiger partial charge in [0, 0.05) is 25.2 Å². The molecule has 0 bridgehead atoms.